The highest BCUT2D eigenvalue weighted by Gasteiger charge is 2.17. The molecule has 4 aromatic rings. The monoisotopic (exact) mass is 536 g/mol. The molecule has 0 aliphatic rings. The maximum absolute atomic E-state index is 12.3. The van der Waals surface area contributed by atoms with Gasteiger partial charge in [-0.1, -0.05) is 58.0 Å². The summed E-state index contributed by atoms with van der Waals surface area (Å²) in [5, 5.41) is 23.9. The van der Waals surface area contributed by atoms with Crippen molar-refractivity contribution in [2.75, 3.05) is 5.75 Å². The van der Waals surface area contributed by atoms with E-state index >= 15 is 0 Å². The van der Waals surface area contributed by atoms with Gasteiger partial charge in [0, 0.05) is 27.9 Å². The Hall–Kier alpha value is -3.83. The van der Waals surface area contributed by atoms with Crippen molar-refractivity contribution in [2.45, 2.75) is 5.16 Å². The van der Waals surface area contributed by atoms with Gasteiger partial charge in [0.2, 0.25) is 0 Å². The Balaban J connectivity index is 1.46. The van der Waals surface area contributed by atoms with Crippen molar-refractivity contribution in [2.24, 2.45) is 5.10 Å². The van der Waals surface area contributed by atoms with Gasteiger partial charge < -0.3 is 0 Å². The zero-order valence-electron chi connectivity index (χ0n) is 17.5. The van der Waals surface area contributed by atoms with E-state index in [0.717, 1.165) is 15.7 Å². The van der Waals surface area contributed by atoms with E-state index in [2.05, 4.69) is 36.7 Å². The maximum Gasteiger partial charge on any atom is 0.269 e. The van der Waals surface area contributed by atoms with Crippen molar-refractivity contribution in [1.29, 1.82) is 0 Å². The van der Waals surface area contributed by atoms with Crippen LogP contribution in [0.3, 0.4) is 0 Å². The molecule has 0 saturated heterocycles. The van der Waals surface area contributed by atoms with E-state index in [1.54, 1.807) is 12.1 Å². The molecule has 0 spiro atoms. The predicted molar refractivity (Wildman–Crippen MR) is 134 cm³/mol. The fourth-order valence-electron chi connectivity index (χ4n) is 3.01. The largest absolute Gasteiger partial charge is 0.272 e. The van der Waals surface area contributed by atoms with Crippen molar-refractivity contribution >= 4 is 45.5 Å². The zero-order valence-corrected chi connectivity index (χ0v) is 19.9. The van der Waals surface area contributed by atoms with E-state index in [1.165, 1.54) is 30.1 Å². The molecule has 1 heterocycles. The number of nitrogens with one attached hydrogen (secondary N) is 1. The second kappa shape index (κ2) is 10.9. The first-order valence-corrected chi connectivity index (χ1v) is 11.7. The third kappa shape index (κ3) is 5.74. The summed E-state index contributed by atoms with van der Waals surface area (Å²) in [6.07, 6.45) is 1.42. The van der Waals surface area contributed by atoms with Gasteiger partial charge in [0.05, 0.1) is 16.9 Å². The molecule has 34 heavy (non-hydrogen) atoms. The molecule has 3 aromatic carbocycles. The summed E-state index contributed by atoms with van der Waals surface area (Å²) in [6, 6.07) is 23.3. The highest BCUT2D eigenvalue weighted by Crippen LogP contribution is 2.29. The number of nitro groups is 1. The van der Waals surface area contributed by atoms with Crippen molar-refractivity contribution < 1.29 is 9.72 Å². The second-order valence-corrected chi connectivity index (χ2v) is 8.78. The first-order valence-electron chi connectivity index (χ1n) is 9.97. The summed E-state index contributed by atoms with van der Waals surface area (Å²) < 4.78 is 2.83. The van der Waals surface area contributed by atoms with E-state index in [4.69, 9.17) is 0 Å². The molecule has 0 radical (unpaired) electrons. The molecule has 1 amide bonds. The number of hydrazone groups is 1. The van der Waals surface area contributed by atoms with Gasteiger partial charge >= 0.3 is 0 Å². The second-order valence-electron chi connectivity index (χ2n) is 6.92. The topological polar surface area (TPSA) is 115 Å². The minimum absolute atomic E-state index is 0.0117. The van der Waals surface area contributed by atoms with Crippen molar-refractivity contribution in [3.8, 4) is 17.1 Å². The maximum atomic E-state index is 12.3. The van der Waals surface area contributed by atoms with Crippen LogP contribution >= 0.6 is 27.7 Å². The molecule has 0 unspecified atom stereocenters. The van der Waals surface area contributed by atoms with E-state index in [1.807, 2.05) is 59.2 Å². The first kappa shape index (κ1) is 23.3. The third-order valence-corrected chi connectivity index (χ3v) is 5.99. The van der Waals surface area contributed by atoms with Gasteiger partial charge in [0.25, 0.3) is 11.6 Å². The number of rotatable bonds is 8. The number of hydrogen-bond acceptors (Lipinski definition) is 7. The van der Waals surface area contributed by atoms with Crippen LogP contribution in [0.1, 0.15) is 5.56 Å². The number of non-ortho nitro benzene ring substituents is 1. The molecule has 1 N–H and O–H groups in total. The van der Waals surface area contributed by atoms with E-state index in [9.17, 15) is 14.9 Å². The molecule has 0 aliphatic heterocycles. The lowest BCUT2D eigenvalue weighted by atomic mass is 10.2. The van der Waals surface area contributed by atoms with E-state index < -0.39 is 4.92 Å². The number of hydrogen-bond donors (Lipinski definition) is 1. The SMILES string of the molecule is O=C(CSc1nnc(-c2cccc(Br)c2)n1-c1ccccc1)N/N=C\c1ccc([N+](=O)[O-])cc1. The van der Waals surface area contributed by atoms with Gasteiger partial charge in [-0.3, -0.25) is 19.5 Å². The van der Waals surface area contributed by atoms with E-state index in [-0.39, 0.29) is 17.3 Å². The van der Waals surface area contributed by atoms with Gasteiger partial charge in [-0.15, -0.1) is 10.2 Å². The number of carbonyl (C=O) groups excluding carboxylic acids is 1. The molecule has 0 saturated carbocycles. The average molecular weight is 537 g/mol. The van der Waals surface area contributed by atoms with Crippen LogP contribution in [-0.2, 0) is 4.79 Å². The number of amides is 1. The third-order valence-electron chi connectivity index (χ3n) is 4.57. The quantitative estimate of drug-likeness (QED) is 0.149. The molecule has 0 atom stereocenters. The van der Waals surface area contributed by atoms with Crippen molar-refractivity contribution in [1.82, 2.24) is 20.2 Å². The fourth-order valence-corrected chi connectivity index (χ4v) is 4.15. The van der Waals surface area contributed by atoms with Crippen LogP contribution < -0.4 is 5.43 Å². The van der Waals surface area contributed by atoms with Crippen LogP contribution in [0.25, 0.3) is 17.1 Å². The van der Waals surface area contributed by atoms with Crippen LogP contribution in [0.15, 0.2) is 93.6 Å². The lowest BCUT2D eigenvalue weighted by molar-refractivity contribution is -0.384. The lowest BCUT2D eigenvalue weighted by Crippen LogP contribution is -2.20. The Kier molecular flexibility index (Phi) is 7.45. The Morgan fingerprint density at radius 1 is 1.09 bits per heavy atom. The predicted octanol–water partition coefficient (Wildman–Crippen LogP) is 4.85. The Morgan fingerprint density at radius 3 is 2.56 bits per heavy atom. The molecule has 0 fully saturated rings. The van der Waals surface area contributed by atoms with Gasteiger partial charge in [-0.25, -0.2) is 5.43 Å². The summed E-state index contributed by atoms with van der Waals surface area (Å²) in [4.78, 5) is 22.6. The average Bonchev–Trinajstić information content (AvgIpc) is 3.28. The highest BCUT2D eigenvalue weighted by molar-refractivity contribution is 9.10. The summed E-state index contributed by atoms with van der Waals surface area (Å²) in [6.45, 7) is 0. The lowest BCUT2D eigenvalue weighted by Gasteiger charge is -2.10. The summed E-state index contributed by atoms with van der Waals surface area (Å²) in [5.41, 5.74) is 4.83. The number of thioether (sulfide) groups is 1. The molecule has 11 heteroatoms. The van der Waals surface area contributed by atoms with Gasteiger partial charge in [0.1, 0.15) is 0 Å². The number of para-hydroxylation sites is 1. The highest BCUT2D eigenvalue weighted by atomic mass is 79.9. The summed E-state index contributed by atoms with van der Waals surface area (Å²) in [5.74, 6) is 0.405. The standard InChI is InChI=1S/C23H17BrN6O3S/c24-18-6-4-5-17(13-18)22-27-28-23(29(22)19-7-2-1-3-8-19)34-15-21(31)26-25-14-16-9-11-20(12-10-16)30(32)33/h1-14H,15H2,(H,26,31)/b25-14-. The Morgan fingerprint density at radius 2 is 1.85 bits per heavy atom. The zero-order chi connectivity index (χ0) is 23.9. The number of benzene rings is 3. The number of aromatic nitrogens is 3. The number of carbonyl (C=O) groups is 1. The van der Waals surface area contributed by atoms with Crippen LogP contribution in [-0.4, -0.2) is 37.6 Å². The number of nitrogens with zero attached hydrogens (tertiary/aromatic N) is 5. The number of halogens is 1. The summed E-state index contributed by atoms with van der Waals surface area (Å²) in [7, 11) is 0. The molecular formula is C23H17BrN6O3S. The van der Waals surface area contributed by atoms with Gasteiger partial charge in [-0.05, 0) is 42.0 Å². The summed E-state index contributed by atoms with van der Waals surface area (Å²) >= 11 is 4.73. The minimum Gasteiger partial charge on any atom is -0.272 e. The van der Waals surface area contributed by atoms with Gasteiger partial charge in [0.15, 0.2) is 11.0 Å². The molecule has 170 valence electrons. The molecule has 0 bridgehead atoms. The first-order chi connectivity index (χ1) is 16.5. The number of nitro benzene ring substituents is 1. The van der Waals surface area contributed by atoms with Crippen molar-refractivity contribution in [3.63, 3.8) is 0 Å². The smallest absolute Gasteiger partial charge is 0.269 e. The molecule has 4 rings (SSSR count). The van der Waals surface area contributed by atoms with E-state index in [0.29, 0.717) is 16.5 Å². The molecule has 0 aliphatic carbocycles. The van der Waals surface area contributed by atoms with Crippen molar-refractivity contribution in [3.05, 3.63) is 99.0 Å². The molecule has 9 nitrogen and oxygen atoms in total. The fraction of sp³-hybridized carbons (Fsp3) is 0.0435. The van der Waals surface area contributed by atoms with Gasteiger partial charge in [-0.2, -0.15) is 5.10 Å². The molecule has 1 aromatic heterocycles. The van der Waals surface area contributed by atoms with Crippen LogP contribution in [0.5, 0.6) is 0 Å². The van der Waals surface area contributed by atoms with Crippen LogP contribution in [0.2, 0.25) is 0 Å². The Labute approximate surface area is 207 Å². The normalized spacial score (nSPS) is 11.0. The van der Waals surface area contributed by atoms with Crippen LogP contribution in [0.4, 0.5) is 5.69 Å². The Bertz CT molecular complexity index is 1340. The minimum atomic E-state index is -0.476. The molecular weight excluding hydrogens is 520 g/mol. The van der Waals surface area contributed by atoms with Crippen LogP contribution in [0, 0.1) is 10.1 Å².